The van der Waals surface area contributed by atoms with Crippen LogP contribution >= 0.6 is 15.6 Å². The van der Waals surface area contributed by atoms with Gasteiger partial charge >= 0.3 is 15.6 Å². The van der Waals surface area contributed by atoms with E-state index in [0.717, 1.165) is 10.9 Å². The van der Waals surface area contributed by atoms with Gasteiger partial charge in [-0.05, 0) is 12.3 Å². The molecule has 246 valence electrons. The Balaban J connectivity index is 1.14. The van der Waals surface area contributed by atoms with Crippen LogP contribution in [0.4, 0.5) is 16.2 Å². The second kappa shape index (κ2) is 10.0. The third-order valence-electron chi connectivity index (χ3n) is 8.94. The highest BCUT2D eigenvalue weighted by Crippen LogP contribution is 2.71. The highest BCUT2D eigenvalue weighted by Gasteiger charge is 2.73. The number of ether oxygens (including phenoxy) is 1. The van der Waals surface area contributed by atoms with Crippen LogP contribution in [-0.4, -0.2) is 97.7 Å². The van der Waals surface area contributed by atoms with Crippen molar-refractivity contribution in [2.45, 2.75) is 49.3 Å². The summed E-state index contributed by atoms with van der Waals surface area (Å²) in [5.41, 5.74) is 9.75. The summed E-state index contributed by atoms with van der Waals surface area (Å²) < 4.78 is 72.1. The number of nitrogens with zero attached hydrogens (tertiary/aromatic N) is 7. The van der Waals surface area contributed by atoms with E-state index in [4.69, 9.17) is 34.3 Å². The summed E-state index contributed by atoms with van der Waals surface area (Å²) in [5, 5.41) is 11.4. The Kier molecular flexibility index (Phi) is 6.53. The van der Waals surface area contributed by atoms with Crippen molar-refractivity contribution in [1.82, 2.24) is 39.0 Å². The molecule has 0 radical (unpaired) electrons. The van der Waals surface area contributed by atoms with Crippen LogP contribution in [0.15, 0.2) is 23.8 Å². The van der Waals surface area contributed by atoms with Crippen molar-refractivity contribution in [3.05, 3.63) is 29.3 Å². The van der Waals surface area contributed by atoms with Crippen molar-refractivity contribution in [3.63, 3.8) is 0 Å². The summed E-state index contributed by atoms with van der Waals surface area (Å²) in [6.07, 6.45) is -6.49. The molecule has 24 heteroatoms. The van der Waals surface area contributed by atoms with Crippen molar-refractivity contribution in [3.8, 4) is 0 Å². The number of fused-ring (bicyclic) bond motifs is 4. The lowest BCUT2D eigenvalue weighted by atomic mass is 10.0. The molecule has 0 amide bonds. The standard InChI is InChI=1S/C22H25FN10O11P2/c23-9-13-8(42-20(9)33-6-28-10-16(24)26-4-27-17(10)33)2-40-45(36,37)44-14-12(32-5-29-11-18(32)30-21(25)31-19(11)35)7-1-22(7,15(14)34)3-41-46(38,39)43-13/h4-9,12-15,20,34H,1-3H2,(H,36,37)(H,38,39)(H2,24,26,27)(H3,25,30,31,35)/t7-,8-,9-,12-,13-,14+,15+,20-,22?/m1/s1. The maximum Gasteiger partial charge on any atom is 0.472 e. The van der Waals surface area contributed by atoms with E-state index in [-0.39, 0.29) is 40.5 Å². The summed E-state index contributed by atoms with van der Waals surface area (Å²) in [6, 6.07) is -0.984. The van der Waals surface area contributed by atoms with Crippen molar-refractivity contribution in [2.24, 2.45) is 11.3 Å². The predicted molar refractivity (Wildman–Crippen MR) is 148 cm³/mol. The molecule has 2 aliphatic carbocycles. The Labute approximate surface area is 254 Å². The molecule has 4 aliphatic rings. The van der Waals surface area contributed by atoms with Crippen LogP contribution < -0.4 is 17.0 Å². The number of phosphoric acid groups is 2. The molecular weight excluding hydrogens is 661 g/mol. The molecule has 2 saturated carbocycles. The van der Waals surface area contributed by atoms with Gasteiger partial charge in [-0.1, -0.05) is 0 Å². The van der Waals surface area contributed by atoms with Gasteiger partial charge in [0.2, 0.25) is 5.95 Å². The number of aromatic amines is 1. The van der Waals surface area contributed by atoms with E-state index in [0.29, 0.717) is 0 Å². The van der Waals surface area contributed by atoms with E-state index in [1.54, 1.807) is 0 Å². The fourth-order valence-corrected chi connectivity index (χ4v) is 8.72. The van der Waals surface area contributed by atoms with E-state index in [2.05, 4.69) is 29.9 Å². The molecule has 2 bridgehead atoms. The lowest BCUT2D eigenvalue weighted by Crippen LogP contribution is -2.37. The van der Waals surface area contributed by atoms with Crippen LogP contribution in [0, 0.1) is 11.3 Å². The Morgan fingerprint density at radius 1 is 1.00 bits per heavy atom. The smallest absolute Gasteiger partial charge is 0.390 e. The van der Waals surface area contributed by atoms with Gasteiger partial charge in [-0.2, -0.15) is 4.98 Å². The van der Waals surface area contributed by atoms with Crippen molar-refractivity contribution >= 4 is 49.7 Å². The van der Waals surface area contributed by atoms with Gasteiger partial charge < -0.3 is 35.7 Å². The number of alkyl halides is 1. The molecule has 4 aromatic rings. The fourth-order valence-electron chi connectivity index (χ4n) is 6.75. The number of H-pyrrole nitrogens is 1. The maximum atomic E-state index is 16.0. The van der Waals surface area contributed by atoms with Gasteiger partial charge in [-0.3, -0.25) is 32.4 Å². The topological polar surface area (TPSA) is 300 Å². The zero-order chi connectivity index (χ0) is 32.3. The molecule has 3 unspecified atom stereocenters. The number of imidazole rings is 2. The van der Waals surface area contributed by atoms with E-state index in [1.165, 1.54) is 17.2 Å². The van der Waals surface area contributed by atoms with E-state index in [9.17, 15) is 28.8 Å². The lowest BCUT2D eigenvalue weighted by Gasteiger charge is -2.29. The molecule has 21 nitrogen and oxygen atoms in total. The van der Waals surface area contributed by atoms with Crippen LogP contribution in [0.2, 0.25) is 0 Å². The number of hydrogen-bond acceptors (Lipinski definition) is 16. The summed E-state index contributed by atoms with van der Waals surface area (Å²) in [5.74, 6) is -0.818. The van der Waals surface area contributed by atoms with Gasteiger partial charge in [0.1, 0.15) is 30.2 Å². The number of anilines is 2. The molecule has 1 spiro atoms. The third kappa shape index (κ3) is 4.52. The van der Waals surface area contributed by atoms with E-state index in [1.807, 2.05) is 0 Å². The van der Waals surface area contributed by atoms with Crippen LogP contribution in [0.3, 0.4) is 0 Å². The van der Waals surface area contributed by atoms with Crippen LogP contribution in [0.25, 0.3) is 22.3 Å². The number of rotatable bonds is 2. The number of halogens is 1. The van der Waals surface area contributed by atoms with Gasteiger partial charge in [-0.25, -0.2) is 33.5 Å². The number of aromatic nitrogens is 8. The van der Waals surface area contributed by atoms with Crippen molar-refractivity contribution in [1.29, 1.82) is 0 Å². The zero-order valence-corrected chi connectivity index (χ0v) is 24.9. The average molecular weight is 686 g/mol. The number of hydrogen-bond donors (Lipinski definition) is 6. The first kappa shape index (κ1) is 29.9. The Hall–Kier alpha value is -3.43. The van der Waals surface area contributed by atoms with Crippen molar-refractivity contribution in [2.75, 3.05) is 24.7 Å². The minimum Gasteiger partial charge on any atom is -0.390 e. The second-order valence-corrected chi connectivity index (χ2v) is 14.3. The zero-order valence-electron chi connectivity index (χ0n) is 23.1. The predicted octanol–water partition coefficient (Wildman–Crippen LogP) is -0.701. The van der Waals surface area contributed by atoms with Crippen LogP contribution in [0.5, 0.6) is 0 Å². The average Bonchev–Trinajstić information content (AvgIpc) is 3.24. The SMILES string of the molecule is Nc1nc2c(ncn2[C@H]2[C@@H]3OP(=O)(O)OC[C@H]4O[C@@H](n5cnc6c(N)ncnc65)[C@H](F)[C@@H]4OP(=O)(O)OCC4(C[C@H]24)[C@H]3O)c(=O)[nH]1. The Morgan fingerprint density at radius 3 is 2.52 bits per heavy atom. The molecule has 2 aliphatic heterocycles. The number of aliphatic hydroxyl groups is 1. The molecule has 2 saturated heterocycles. The largest absolute Gasteiger partial charge is 0.472 e. The normalized spacial score (nSPS) is 41.0. The molecule has 46 heavy (non-hydrogen) atoms. The number of phosphoric ester groups is 2. The highest BCUT2D eigenvalue weighted by atomic mass is 31.2. The third-order valence-corrected chi connectivity index (χ3v) is 10.9. The fraction of sp³-hybridized carbons (Fsp3) is 0.545. The number of aliphatic hydroxyl groups excluding tert-OH is 1. The van der Waals surface area contributed by atoms with Crippen LogP contribution in [0.1, 0.15) is 18.7 Å². The first-order valence-electron chi connectivity index (χ1n) is 13.7. The number of nitrogens with one attached hydrogen (secondary N) is 1. The Morgan fingerprint density at radius 2 is 1.72 bits per heavy atom. The first-order chi connectivity index (χ1) is 21.8. The molecule has 4 aromatic heterocycles. The monoisotopic (exact) mass is 686 g/mol. The Bertz CT molecular complexity index is 2040. The van der Waals surface area contributed by atoms with Gasteiger partial charge in [0.25, 0.3) is 5.56 Å². The highest BCUT2D eigenvalue weighted by molar-refractivity contribution is 7.47. The summed E-state index contributed by atoms with van der Waals surface area (Å²) >= 11 is 0. The molecule has 0 aromatic carbocycles. The summed E-state index contributed by atoms with van der Waals surface area (Å²) in [4.78, 5) is 56.4. The van der Waals surface area contributed by atoms with Gasteiger partial charge in [0.15, 0.2) is 35.0 Å². The molecule has 8 N–H and O–H groups in total. The second-order valence-electron chi connectivity index (χ2n) is 11.5. The van der Waals surface area contributed by atoms with Gasteiger partial charge in [0, 0.05) is 5.41 Å². The molecular formula is C22H25FN10O11P2. The number of nitrogen functional groups attached to an aromatic ring is 2. The van der Waals surface area contributed by atoms with Crippen LogP contribution in [-0.2, 0) is 32.0 Å². The molecule has 6 heterocycles. The maximum absolute atomic E-state index is 16.0. The summed E-state index contributed by atoms with van der Waals surface area (Å²) in [7, 11) is -10.2. The minimum atomic E-state index is -5.08. The quantitative estimate of drug-likeness (QED) is 0.142. The van der Waals surface area contributed by atoms with E-state index < -0.39 is 88.6 Å². The minimum absolute atomic E-state index is 0.00270. The first-order valence-corrected chi connectivity index (χ1v) is 16.7. The lowest BCUT2D eigenvalue weighted by molar-refractivity contribution is -0.0535. The van der Waals surface area contributed by atoms with Crippen molar-refractivity contribution < 1.29 is 51.2 Å². The number of nitrogens with two attached hydrogens (primary N) is 2. The van der Waals surface area contributed by atoms with Gasteiger partial charge in [-0.15, -0.1) is 0 Å². The van der Waals surface area contributed by atoms with Gasteiger partial charge in [0.05, 0.1) is 38.0 Å². The molecule has 4 fully saturated rings. The summed E-state index contributed by atoms with van der Waals surface area (Å²) in [6.45, 7) is -1.47. The molecule has 8 rings (SSSR count). The molecule has 11 atom stereocenters. The van der Waals surface area contributed by atoms with E-state index >= 15 is 4.39 Å².